The summed E-state index contributed by atoms with van der Waals surface area (Å²) in [6, 6.07) is 11.8. The summed E-state index contributed by atoms with van der Waals surface area (Å²) >= 11 is 11.8. The number of ether oxygens (including phenoxy) is 2. The third kappa shape index (κ3) is 5.73. The van der Waals surface area contributed by atoms with Crippen LogP contribution < -0.4 is 9.47 Å². The average Bonchev–Trinajstić information content (AvgIpc) is 2.88. The molecule has 4 rings (SSSR count). The van der Waals surface area contributed by atoms with Gasteiger partial charge in [-0.05, 0) is 66.8 Å². The lowest BCUT2D eigenvalue weighted by Crippen LogP contribution is -2.44. The lowest BCUT2D eigenvalue weighted by Gasteiger charge is -2.34. The highest BCUT2D eigenvalue weighted by Crippen LogP contribution is 2.32. The Balaban J connectivity index is 1.50. The summed E-state index contributed by atoms with van der Waals surface area (Å²) in [5.74, 6) is 1.51. The number of amides is 1. The van der Waals surface area contributed by atoms with Crippen molar-refractivity contribution in [3.8, 4) is 17.2 Å². The number of aliphatic hydroxyl groups excluding tert-OH is 1. The maximum absolute atomic E-state index is 12.1. The predicted octanol–water partition coefficient (Wildman–Crippen LogP) is 5.57. The minimum absolute atomic E-state index is 0.113. The minimum atomic E-state index is -1.12. The number of nitrogens with zero attached hydrogens (tertiary/aromatic N) is 2. The van der Waals surface area contributed by atoms with Gasteiger partial charge in [0.2, 0.25) is 0 Å². The standard InChI is InChI=1S/C26H24Cl2N2O6/c1-35-24-7-6-21(10-18(24)14-31)36-20-5-3-15-2-4-19(8-16(15)9-20)30(26(33)34)13-23(32)17-11-22(27)25(28)29-12-17/h3,5-7,9-12,14,19,23,32H,2,4,8,13H2,1H3,(H,33,34)/t19-,23-/m0/s1. The van der Waals surface area contributed by atoms with Gasteiger partial charge >= 0.3 is 6.09 Å². The van der Waals surface area contributed by atoms with Gasteiger partial charge in [0, 0.05) is 17.8 Å². The van der Waals surface area contributed by atoms with Crippen molar-refractivity contribution in [3.05, 3.63) is 81.1 Å². The zero-order chi connectivity index (χ0) is 25.8. The Morgan fingerprint density at radius 1 is 1.19 bits per heavy atom. The fourth-order valence-electron chi connectivity index (χ4n) is 4.34. The van der Waals surface area contributed by atoms with Crippen molar-refractivity contribution in [2.24, 2.45) is 0 Å². The first kappa shape index (κ1) is 25.8. The lowest BCUT2D eigenvalue weighted by atomic mass is 9.87. The number of hydrogen-bond donors (Lipinski definition) is 2. The molecular weight excluding hydrogens is 507 g/mol. The molecule has 2 N–H and O–H groups in total. The second-order valence-electron chi connectivity index (χ2n) is 8.44. The molecule has 0 saturated heterocycles. The van der Waals surface area contributed by atoms with Crippen LogP contribution in [0.1, 0.15) is 39.6 Å². The van der Waals surface area contributed by atoms with Gasteiger partial charge in [-0.3, -0.25) is 4.79 Å². The molecule has 1 heterocycles. The molecule has 1 aromatic heterocycles. The zero-order valence-electron chi connectivity index (χ0n) is 19.4. The van der Waals surface area contributed by atoms with Gasteiger partial charge in [-0.15, -0.1) is 0 Å². The van der Waals surface area contributed by atoms with Gasteiger partial charge < -0.3 is 24.6 Å². The van der Waals surface area contributed by atoms with Crippen LogP contribution in [0.15, 0.2) is 48.7 Å². The maximum atomic E-state index is 12.1. The van der Waals surface area contributed by atoms with Crippen LogP contribution in [-0.4, -0.2) is 52.2 Å². The predicted molar refractivity (Wildman–Crippen MR) is 135 cm³/mol. The summed E-state index contributed by atoms with van der Waals surface area (Å²) in [5.41, 5.74) is 2.84. The maximum Gasteiger partial charge on any atom is 0.407 e. The minimum Gasteiger partial charge on any atom is -0.496 e. The second kappa shape index (κ2) is 11.2. The number of fused-ring (bicyclic) bond motifs is 1. The average molecular weight is 531 g/mol. The van der Waals surface area contributed by atoms with E-state index in [4.69, 9.17) is 32.7 Å². The van der Waals surface area contributed by atoms with Crippen LogP contribution in [0.4, 0.5) is 4.79 Å². The van der Waals surface area contributed by atoms with E-state index < -0.39 is 12.2 Å². The molecule has 1 aliphatic carbocycles. The molecule has 8 nitrogen and oxygen atoms in total. The van der Waals surface area contributed by atoms with E-state index in [9.17, 15) is 19.8 Å². The van der Waals surface area contributed by atoms with Crippen LogP contribution in [0.5, 0.6) is 17.2 Å². The number of carboxylic acid groups (broad SMARTS) is 1. The quantitative estimate of drug-likeness (QED) is 0.289. The van der Waals surface area contributed by atoms with Crippen molar-refractivity contribution in [2.75, 3.05) is 13.7 Å². The molecular formula is C26H24Cl2N2O6. The molecule has 10 heteroatoms. The normalized spacial score (nSPS) is 15.5. The largest absolute Gasteiger partial charge is 0.496 e. The number of aliphatic hydroxyl groups is 1. The van der Waals surface area contributed by atoms with Crippen LogP contribution in [-0.2, 0) is 12.8 Å². The number of methoxy groups -OCH3 is 1. The van der Waals surface area contributed by atoms with Crippen molar-refractivity contribution < 1.29 is 29.3 Å². The summed E-state index contributed by atoms with van der Waals surface area (Å²) < 4.78 is 11.1. The van der Waals surface area contributed by atoms with E-state index in [0.717, 1.165) is 11.1 Å². The Hall–Kier alpha value is -3.33. The van der Waals surface area contributed by atoms with Crippen molar-refractivity contribution in [3.63, 3.8) is 0 Å². The Bertz CT molecular complexity index is 1290. The van der Waals surface area contributed by atoms with Gasteiger partial charge in [-0.25, -0.2) is 9.78 Å². The first-order valence-electron chi connectivity index (χ1n) is 11.2. The fourth-order valence-corrected chi connectivity index (χ4v) is 4.62. The van der Waals surface area contributed by atoms with E-state index in [1.165, 1.54) is 24.3 Å². The number of carbonyl (C=O) groups excluding carboxylic acids is 1. The van der Waals surface area contributed by atoms with Crippen molar-refractivity contribution in [1.29, 1.82) is 0 Å². The third-order valence-corrected chi connectivity index (χ3v) is 6.89. The van der Waals surface area contributed by atoms with Crippen LogP contribution in [0.2, 0.25) is 10.2 Å². The molecule has 0 saturated carbocycles. The molecule has 3 aromatic rings. The lowest BCUT2D eigenvalue weighted by molar-refractivity contribution is 0.0725. The van der Waals surface area contributed by atoms with Gasteiger partial charge in [0.05, 0.1) is 30.3 Å². The number of halogens is 2. The third-order valence-electron chi connectivity index (χ3n) is 6.20. The van der Waals surface area contributed by atoms with Crippen molar-refractivity contribution in [1.82, 2.24) is 9.88 Å². The molecule has 0 spiro atoms. The Labute approximate surface area is 218 Å². The summed E-state index contributed by atoms with van der Waals surface area (Å²) in [7, 11) is 1.49. The molecule has 0 radical (unpaired) electrons. The monoisotopic (exact) mass is 530 g/mol. The van der Waals surface area contributed by atoms with Crippen LogP contribution in [0.3, 0.4) is 0 Å². The number of aldehydes is 1. The number of pyridine rings is 1. The van der Waals surface area contributed by atoms with E-state index in [1.54, 1.807) is 18.2 Å². The number of carbonyl (C=O) groups is 2. The van der Waals surface area contributed by atoms with Gasteiger partial charge in [0.25, 0.3) is 0 Å². The van der Waals surface area contributed by atoms with Gasteiger partial charge in [0.1, 0.15) is 22.4 Å². The highest BCUT2D eigenvalue weighted by molar-refractivity contribution is 6.41. The topological polar surface area (TPSA) is 109 Å². The Morgan fingerprint density at radius 2 is 1.94 bits per heavy atom. The molecule has 2 aromatic carbocycles. The number of benzene rings is 2. The van der Waals surface area contributed by atoms with Gasteiger partial charge in [-0.2, -0.15) is 0 Å². The van der Waals surface area contributed by atoms with Crippen LogP contribution in [0, 0.1) is 0 Å². The molecule has 0 aliphatic heterocycles. The molecule has 188 valence electrons. The SMILES string of the molecule is COc1ccc(Oc2ccc3c(c2)C[C@@H](N(C[C@H](O)c2cnc(Cl)c(Cl)c2)C(=O)O)CC3)cc1C=O. The van der Waals surface area contributed by atoms with Crippen molar-refractivity contribution >= 4 is 35.6 Å². The van der Waals surface area contributed by atoms with Crippen LogP contribution in [0.25, 0.3) is 0 Å². The van der Waals surface area contributed by atoms with E-state index in [0.29, 0.717) is 53.9 Å². The highest BCUT2D eigenvalue weighted by atomic mass is 35.5. The number of hydrogen-bond acceptors (Lipinski definition) is 6. The van der Waals surface area contributed by atoms with Gasteiger partial charge in [0.15, 0.2) is 6.29 Å². The number of aryl methyl sites for hydroxylation is 1. The number of aromatic nitrogens is 1. The smallest absolute Gasteiger partial charge is 0.407 e. The molecule has 2 atom stereocenters. The first-order chi connectivity index (χ1) is 17.3. The highest BCUT2D eigenvalue weighted by Gasteiger charge is 2.30. The fraction of sp³-hybridized carbons (Fsp3) is 0.269. The molecule has 0 unspecified atom stereocenters. The molecule has 0 fully saturated rings. The summed E-state index contributed by atoms with van der Waals surface area (Å²) in [6.07, 6.45) is 1.62. The Kier molecular flexibility index (Phi) is 7.98. The molecule has 0 bridgehead atoms. The molecule has 1 amide bonds. The van der Waals surface area contributed by atoms with Crippen LogP contribution >= 0.6 is 23.2 Å². The molecule has 1 aliphatic rings. The first-order valence-corrected chi connectivity index (χ1v) is 12.0. The van der Waals surface area contributed by atoms with Gasteiger partial charge in [-0.1, -0.05) is 29.3 Å². The summed E-state index contributed by atoms with van der Waals surface area (Å²) in [5, 5.41) is 20.9. The van der Waals surface area contributed by atoms with Crippen molar-refractivity contribution in [2.45, 2.75) is 31.4 Å². The Morgan fingerprint density at radius 3 is 2.64 bits per heavy atom. The second-order valence-corrected chi connectivity index (χ2v) is 9.21. The van der Waals surface area contributed by atoms with E-state index in [-0.39, 0.29) is 22.8 Å². The number of rotatable bonds is 8. The van der Waals surface area contributed by atoms with E-state index in [2.05, 4.69) is 4.98 Å². The summed E-state index contributed by atoms with van der Waals surface area (Å²) in [4.78, 5) is 28.6. The zero-order valence-corrected chi connectivity index (χ0v) is 20.9. The van der Waals surface area contributed by atoms with E-state index >= 15 is 0 Å². The van der Waals surface area contributed by atoms with E-state index in [1.807, 2.05) is 18.2 Å². The molecule has 36 heavy (non-hydrogen) atoms. The summed E-state index contributed by atoms with van der Waals surface area (Å²) in [6.45, 7) is -0.133.